The Morgan fingerprint density at radius 1 is 0.750 bits per heavy atom. The van der Waals surface area contributed by atoms with Crippen LogP contribution in [0.4, 0.5) is 0 Å². The van der Waals surface area contributed by atoms with Crippen LogP contribution >= 0.6 is 0 Å². The van der Waals surface area contributed by atoms with Gasteiger partial charge in [0.05, 0.1) is 25.9 Å². The van der Waals surface area contributed by atoms with Crippen LogP contribution in [-0.4, -0.2) is 14.2 Å². The van der Waals surface area contributed by atoms with Crippen LogP contribution < -0.4 is 9.47 Å². The zero-order chi connectivity index (χ0) is 15.2. The molecule has 0 aromatic heterocycles. The van der Waals surface area contributed by atoms with E-state index in [0.29, 0.717) is 5.56 Å². The number of methoxy groups -OCH3 is 2. The average molecular weight is 271 g/mol. The fourth-order valence-corrected chi connectivity index (χ4v) is 1.22. The van der Waals surface area contributed by atoms with Crippen molar-refractivity contribution in [1.82, 2.24) is 0 Å². The topological polar surface area (TPSA) is 42.2 Å². The van der Waals surface area contributed by atoms with E-state index in [0.717, 1.165) is 11.5 Å². The number of benzene rings is 2. The van der Waals surface area contributed by atoms with Gasteiger partial charge in [0, 0.05) is 0 Å². The van der Waals surface area contributed by atoms with Crippen LogP contribution in [0.15, 0.2) is 54.6 Å². The fraction of sp³-hybridized carbons (Fsp3) is 0.235. The normalized spacial score (nSPS) is 7.95. The zero-order valence-corrected chi connectivity index (χ0v) is 12.5. The molecule has 3 nitrogen and oxygen atoms in total. The lowest BCUT2D eigenvalue weighted by Gasteiger charge is -1.96. The highest BCUT2D eigenvalue weighted by Crippen LogP contribution is 2.09. The minimum atomic E-state index is 0.654. The highest BCUT2D eigenvalue weighted by molar-refractivity contribution is 5.34. The minimum Gasteiger partial charge on any atom is -0.497 e. The van der Waals surface area contributed by atoms with Crippen LogP contribution in [0, 0.1) is 11.3 Å². The molecule has 0 atom stereocenters. The first-order chi connectivity index (χ1) is 9.80. The summed E-state index contributed by atoms with van der Waals surface area (Å²) in [4.78, 5) is 0. The highest BCUT2D eigenvalue weighted by Gasteiger charge is 1.89. The van der Waals surface area contributed by atoms with Gasteiger partial charge >= 0.3 is 0 Å². The quantitative estimate of drug-likeness (QED) is 0.818. The van der Waals surface area contributed by atoms with Crippen molar-refractivity contribution in [2.24, 2.45) is 0 Å². The summed E-state index contributed by atoms with van der Waals surface area (Å²) < 4.78 is 9.82. The van der Waals surface area contributed by atoms with Gasteiger partial charge in [-0.3, -0.25) is 0 Å². The summed E-state index contributed by atoms with van der Waals surface area (Å²) >= 11 is 0. The third kappa shape index (κ3) is 7.07. The number of rotatable bonds is 2. The van der Waals surface area contributed by atoms with Crippen molar-refractivity contribution in [3.63, 3.8) is 0 Å². The van der Waals surface area contributed by atoms with Gasteiger partial charge in [0.2, 0.25) is 0 Å². The van der Waals surface area contributed by atoms with Crippen LogP contribution in [0.1, 0.15) is 19.4 Å². The van der Waals surface area contributed by atoms with Gasteiger partial charge in [-0.1, -0.05) is 32.0 Å². The van der Waals surface area contributed by atoms with E-state index in [9.17, 15) is 0 Å². The van der Waals surface area contributed by atoms with Crippen molar-refractivity contribution >= 4 is 0 Å². The maximum Gasteiger partial charge on any atom is 0.118 e. The van der Waals surface area contributed by atoms with Gasteiger partial charge in [0.1, 0.15) is 11.5 Å². The lowest BCUT2D eigenvalue weighted by Crippen LogP contribution is -1.81. The van der Waals surface area contributed by atoms with Crippen molar-refractivity contribution in [1.29, 1.82) is 5.26 Å². The second-order valence-electron chi connectivity index (χ2n) is 3.36. The minimum absolute atomic E-state index is 0.654. The molecule has 0 aliphatic heterocycles. The van der Waals surface area contributed by atoms with Crippen LogP contribution in [0.25, 0.3) is 0 Å². The number of para-hydroxylation sites is 1. The second-order valence-corrected chi connectivity index (χ2v) is 3.36. The molecule has 0 N–H and O–H groups in total. The molecule has 0 aliphatic carbocycles. The molecule has 0 unspecified atom stereocenters. The van der Waals surface area contributed by atoms with Gasteiger partial charge < -0.3 is 9.47 Å². The molecule has 3 heteroatoms. The molecular weight excluding hydrogens is 250 g/mol. The first-order valence-electron chi connectivity index (χ1n) is 6.43. The predicted octanol–water partition coefficient (Wildman–Crippen LogP) is 4.29. The second kappa shape index (κ2) is 11.6. The smallest absolute Gasteiger partial charge is 0.118 e. The molecule has 0 heterocycles. The molecule has 20 heavy (non-hydrogen) atoms. The number of hydrogen-bond donors (Lipinski definition) is 0. The van der Waals surface area contributed by atoms with Gasteiger partial charge in [-0.2, -0.15) is 5.26 Å². The maximum absolute atomic E-state index is 8.41. The Hall–Kier alpha value is -2.47. The van der Waals surface area contributed by atoms with E-state index >= 15 is 0 Å². The largest absolute Gasteiger partial charge is 0.497 e. The monoisotopic (exact) mass is 271 g/mol. The molecule has 0 saturated carbocycles. The fourth-order valence-electron chi connectivity index (χ4n) is 1.22. The standard InChI is InChI=1S/C8H7NO.C7H8O.C2H6/c1-10-8-4-2-7(6-9)3-5-8;1-8-7-5-3-2-4-6-7;1-2/h2-5H,1H3;2-6H,1H3;1-2H3. The molecule has 2 aromatic rings. The Labute approximate surface area is 121 Å². The molecule has 106 valence electrons. The predicted molar refractivity (Wildman–Crippen MR) is 82.1 cm³/mol. The molecule has 2 aromatic carbocycles. The van der Waals surface area contributed by atoms with Gasteiger partial charge in [-0.05, 0) is 36.4 Å². The van der Waals surface area contributed by atoms with Crippen LogP contribution in [-0.2, 0) is 0 Å². The van der Waals surface area contributed by atoms with Gasteiger partial charge in [-0.25, -0.2) is 0 Å². The molecule has 0 fully saturated rings. The van der Waals surface area contributed by atoms with Gasteiger partial charge in [-0.15, -0.1) is 0 Å². The van der Waals surface area contributed by atoms with E-state index in [2.05, 4.69) is 0 Å². The molecule has 0 amide bonds. The van der Waals surface area contributed by atoms with Gasteiger partial charge in [0.15, 0.2) is 0 Å². The molecule has 0 aliphatic rings. The summed E-state index contributed by atoms with van der Waals surface area (Å²) in [5.74, 6) is 1.69. The zero-order valence-electron chi connectivity index (χ0n) is 12.5. The van der Waals surface area contributed by atoms with Crippen molar-refractivity contribution < 1.29 is 9.47 Å². The number of nitrogens with zero attached hydrogens (tertiary/aromatic N) is 1. The van der Waals surface area contributed by atoms with Crippen molar-refractivity contribution in [2.45, 2.75) is 13.8 Å². The Morgan fingerprint density at radius 2 is 1.20 bits per heavy atom. The molecule has 0 radical (unpaired) electrons. The SMILES string of the molecule is CC.COc1ccc(C#N)cc1.COc1ccccc1. The van der Waals surface area contributed by atoms with E-state index in [1.54, 1.807) is 38.5 Å². The van der Waals surface area contributed by atoms with Crippen molar-refractivity contribution in [3.05, 3.63) is 60.2 Å². The highest BCUT2D eigenvalue weighted by atomic mass is 16.5. The summed E-state index contributed by atoms with van der Waals surface area (Å²) in [5, 5.41) is 8.41. The molecule has 0 bridgehead atoms. The summed E-state index contributed by atoms with van der Waals surface area (Å²) in [5.41, 5.74) is 0.654. The Kier molecular flexibility index (Phi) is 10.2. The molecule has 2 rings (SSSR count). The summed E-state index contributed by atoms with van der Waals surface area (Å²) in [7, 11) is 3.26. The summed E-state index contributed by atoms with van der Waals surface area (Å²) in [6.45, 7) is 4.00. The lowest BCUT2D eigenvalue weighted by atomic mass is 10.2. The van der Waals surface area contributed by atoms with E-state index in [-0.39, 0.29) is 0 Å². The van der Waals surface area contributed by atoms with Gasteiger partial charge in [0.25, 0.3) is 0 Å². The van der Waals surface area contributed by atoms with E-state index in [1.165, 1.54) is 0 Å². The number of hydrogen-bond acceptors (Lipinski definition) is 3. The lowest BCUT2D eigenvalue weighted by molar-refractivity contribution is 0.414. The van der Waals surface area contributed by atoms with Crippen LogP contribution in [0.5, 0.6) is 11.5 Å². The summed E-state index contributed by atoms with van der Waals surface area (Å²) in [6, 6.07) is 18.7. The summed E-state index contributed by atoms with van der Waals surface area (Å²) in [6.07, 6.45) is 0. The van der Waals surface area contributed by atoms with Crippen LogP contribution in [0.2, 0.25) is 0 Å². The van der Waals surface area contributed by atoms with Crippen LogP contribution in [0.3, 0.4) is 0 Å². The van der Waals surface area contributed by atoms with Crippen molar-refractivity contribution in [2.75, 3.05) is 14.2 Å². The van der Waals surface area contributed by atoms with Crippen molar-refractivity contribution in [3.8, 4) is 17.6 Å². The maximum atomic E-state index is 8.41. The molecule has 0 spiro atoms. The third-order valence-corrected chi connectivity index (χ3v) is 2.20. The Balaban J connectivity index is 0.000000327. The number of nitriles is 1. The first-order valence-corrected chi connectivity index (χ1v) is 6.43. The average Bonchev–Trinajstić information content (AvgIpc) is 2.58. The van der Waals surface area contributed by atoms with E-state index < -0.39 is 0 Å². The third-order valence-electron chi connectivity index (χ3n) is 2.20. The molecular formula is C17H21NO2. The Bertz CT molecular complexity index is 487. The van der Waals surface area contributed by atoms with E-state index in [4.69, 9.17) is 14.7 Å². The van der Waals surface area contributed by atoms with E-state index in [1.807, 2.05) is 50.2 Å². The Morgan fingerprint density at radius 3 is 1.55 bits per heavy atom. The molecule has 0 saturated heterocycles. The first kappa shape index (κ1) is 17.5. The number of ether oxygens (including phenoxy) is 2.